The summed E-state index contributed by atoms with van der Waals surface area (Å²) in [6.45, 7) is 6.94. The third-order valence-corrected chi connectivity index (χ3v) is 6.63. The first kappa shape index (κ1) is 17.6. The Labute approximate surface area is 170 Å². The van der Waals surface area contributed by atoms with Crippen molar-refractivity contribution in [1.82, 2.24) is 4.98 Å². The van der Waals surface area contributed by atoms with Crippen LogP contribution in [0.5, 0.6) is 0 Å². The molecule has 3 heterocycles. The predicted octanol–water partition coefficient (Wildman–Crippen LogP) is 5.30. The Morgan fingerprint density at radius 1 is 1.07 bits per heavy atom. The van der Waals surface area contributed by atoms with Gasteiger partial charge in [0.25, 0.3) is 0 Å². The van der Waals surface area contributed by atoms with E-state index in [-0.39, 0.29) is 6.98 Å². The molecule has 0 spiro atoms. The molecule has 0 fully saturated rings. The van der Waals surface area contributed by atoms with Crippen molar-refractivity contribution in [3.63, 3.8) is 0 Å². The van der Waals surface area contributed by atoms with Gasteiger partial charge in [-0.2, -0.15) is 0 Å². The molecule has 140 valence electrons. The molecule has 0 atom stereocenters. The SMILES string of the molecule is CN1B(c2nccc3c2sc2cc(CC(C)(C)C)ccc23)Nc2ccccc21. The fraction of sp³-hybridized carbons (Fsp3) is 0.261. The molecule has 3 nitrogen and oxygen atoms in total. The van der Waals surface area contributed by atoms with Crippen LogP contribution in [0.15, 0.2) is 54.7 Å². The third-order valence-electron chi connectivity index (χ3n) is 5.44. The molecule has 5 rings (SSSR count). The number of rotatable bonds is 2. The molecule has 0 radical (unpaired) electrons. The van der Waals surface area contributed by atoms with Crippen molar-refractivity contribution in [2.45, 2.75) is 27.2 Å². The average Bonchev–Trinajstić information content (AvgIpc) is 3.18. The van der Waals surface area contributed by atoms with E-state index in [1.54, 1.807) is 0 Å². The lowest BCUT2D eigenvalue weighted by atomic mass is 9.71. The molecule has 1 N–H and O–H groups in total. The number of hydrogen-bond donors (Lipinski definition) is 1. The van der Waals surface area contributed by atoms with E-state index in [1.165, 1.54) is 37.1 Å². The Kier molecular flexibility index (Phi) is 3.92. The molecular weight excluding hydrogens is 361 g/mol. The van der Waals surface area contributed by atoms with Gasteiger partial charge in [-0.1, -0.05) is 45.0 Å². The minimum absolute atomic E-state index is 0.0585. The molecular formula is C23H24BN3S. The number of thiophene rings is 1. The first-order chi connectivity index (χ1) is 13.4. The summed E-state index contributed by atoms with van der Waals surface area (Å²) in [4.78, 5) is 7.09. The van der Waals surface area contributed by atoms with Crippen LogP contribution in [0.2, 0.25) is 0 Å². The number of para-hydroxylation sites is 2. The Hall–Kier alpha value is -2.53. The van der Waals surface area contributed by atoms with Crippen molar-refractivity contribution < 1.29 is 0 Å². The molecule has 0 amide bonds. The van der Waals surface area contributed by atoms with Crippen molar-refractivity contribution in [1.29, 1.82) is 0 Å². The topological polar surface area (TPSA) is 28.2 Å². The molecule has 2 aromatic heterocycles. The maximum atomic E-state index is 4.81. The maximum absolute atomic E-state index is 4.81. The Bertz CT molecular complexity index is 1190. The van der Waals surface area contributed by atoms with Gasteiger partial charge in [-0.05, 0) is 48.7 Å². The van der Waals surface area contributed by atoms with Gasteiger partial charge in [0.05, 0.1) is 10.3 Å². The van der Waals surface area contributed by atoms with Crippen molar-refractivity contribution in [3.8, 4) is 0 Å². The summed E-state index contributed by atoms with van der Waals surface area (Å²) in [5.41, 5.74) is 5.20. The van der Waals surface area contributed by atoms with E-state index in [0.717, 1.165) is 12.0 Å². The summed E-state index contributed by atoms with van der Waals surface area (Å²) in [6, 6.07) is 17.6. The van der Waals surface area contributed by atoms with Crippen LogP contribution in [-0.2, 0) is 6.42 Å². The highest BCUT2D eigenvalue weighted by Crippen LogP contribution is 2.36. The van der Waals surface area contributed by atoms with Crippen LogP contribution >= 0.6 is 11.3 Å². The molecule has 2 aromatic carbocycles. The van der Waals surface area contributed by atoms with Gasteiger partial charge in [-0.15, -0.1) is 11.3 Å². The van der Waals surface area contributed by atoms with Crippen molar-refractivity contribution in [2.24, 2.45) is 5.41 Å². The summed E-state index contributed by atoms with van der Waals surface area (Å²) in [5, 5.41) is 6.29. The van der Waals surface area contributed by atoms with Crippen LogP contribution in [0.25, 0.3) is 20.2 Å². The van der Waals surface area contributed by atoms with Gasteiger partial charge in [0.2, 0.25) is 0 Å². The minimum atomic E-state index is 0.0585. The van der Waals surface area contributed by atoms with Gasteiger partial charge in [0.1, 0.15) is 0 Å². The van der Waals surface area contributed by atoms with E-state index < -0.39 is 0 Å². The number of pyridine rings is 1. The number of anilines is 2. The van der Waals surface area contributed by atoms with Gasteiger partial charge >= 0.3 is 6.98 Å². The van der Waals surface area contributed by atoms with Crippen LogP contribution in [0.3, 0.4) is 0 Å². The van der Waals surface area contributed by atoms with Crippen molar-refractivity contribution >= 4 is 55.5 Å². The highest BCUT2D eigenvalue weighted by Gasteiger charge is 2.35. The quantitative estimate of drug-likeness (QED) is 0.475. The van der Waals surface area contributed by atoms with Gasteiger partial charge in [-0.25, -0.2) is 0 Å². The van der Waals surface area contributed by atoms with E-state index in [0.29, 0.717) is 5.41 Å². The van der Waals surface area contributed by atoms with Gasteiger partial charge in [0, 0.05) is 33.0 Å². The fourth-order valence-electron chi connectivity index (χ4n) is 4.22. The minimum Gasteiger partial charge on any atom is -0.403 e. The molecule has 0 unspecified atom stereocenters. The fourth-order valence-corrected chi connectivity index (χ4v) is 5.50. The number of nitrogens with zero attached hydrogens (tertiary/aromatic N) is 2. The average molecular weight is 385 g/mol. The highest BCUT2D eigenvalue weighted by atomic mass is 32.1. The standard InChI is InChI=1S/C23H24BN3S/c1-23(2,3)14-15-9-10-16-17-11-12-25-22(21(17)28-20(16)13-15)24-26-18-7-5-6-8-19(18)27(24)4/h5-13,26H,14H2,1-4H3. The molecule has 28 heavy (non-hydrogen) atoms. The molecule has 1 aliphatic heterocycles. The van der Waals surface area contributed by atoms with Crippen LogP contribution in [0.4, 0.5) is 11.4 Å². The first-order valence-electron chi connectivity index (χ1n) is 9.79. The van der Waals surface area contributed by atoms with E-state index >= 15 is 0 Å². The van der Waals surface area contributed by atoms with Crippen LogP contribution in [0, 0.1) is 5.41 Å². The lowest BCUT2D eigenvalue weighted by Gasteiger charge is -2.18. The Morgan fingerprint density at radius 3 is 2.68 bits per heavy atom. The Balaban J connectivity index is 1.62. The van der Waals surface area contributed by atoms with Crippen molar-refractivity contribution in [3.05, 3.63) is 60.3 Å². The second-order valence-corrected chi connectivity index (χ2v) is 9.97. The Morgan fingerprint density at radius 2 is 1.89 bits per heavy atom. The van der Waals surface area contributed by atoms with Gasteiger partial charge in [0.15, 0.2) is 0 Å². The molecule has 0 saturated carbocycles. The highest BCUT2D eigenvalue weighted by molar-refractivity contribution is 7.27. The first-order valence-corrected chi connectivity index (χ1v) is 10.6. The summed E-state index contributed by atoms with van der Waals surface area (Å²) >= 11 is 1.87. The number of benzene rings is 2. The lowest BCUT2D eigenvalue weighted by Crippen LogP contribution is -2.50. The van der Waals surface area contributed by atoms with Crippen molar-refractivity contribution in [2.75, 3.05) is 17.1 Å². The van der Waals surface area contributed by atoms with E-state index in [4.69, 9.17) is 4.98 Å². The van der Waals surface area contributed by atoms with Gasteiger partial charge < -0.3 is 10.0 Å². The van der Waals surface area contributed by atoms with Crippen LogP contribution < -0.4 is 15.6 Å². The molecule has 1 aliphatic rings. The number of hydrogen-bond acceptors (Lipinski definition) is 4. The van der Waals surface area contributed by atoms with Gasteiger partial charge in [-0.3, -0.25) is 4.98 Å². The zero-order chi connectivity index (χ0) is 19.5. The predicted molar refractivity (Wildman–Crippen MR) is 124 cm³/mol. The molecule has 0 aliphatic carbocycles. The monoisotopic (exact) mass is 385 g/mol. The summed E-state index contributed by atoms with van der Waals surface area (Å²) in [5.74, 6) is 0. The van der Waals surface area contributed by atoms with Crippen LogP contribution in [0.1, 0.15) is 26.3 Å². The second kappa shape index (κ2) is 6.24. The smallest absolute Gasteiger partial charge is 0.403 e. The van der Waals surface area contributed by atoms with E-state index in [9.17, 15) is 0 Å². The summed E-state index contributed by atoms with van der Waals surface area (Å²) in [7, 11) is 2.14. The third kappa shape index (κ3) is 2.85. The second-order valence-electron chi connectivity index (χ2n) is 8.92. The largest absolute Gasteiger partial charge is 0.429 e. The molecule has 4 aromatic rings. The summed E-state index contributed by atoms with van der Waals surface area (Å²) < 4.78 is 2.63. The zero-order valence-corrected chi connectivity index (χ0v) is 17.6. The normalized spacial score (nSPS) is 14.0. The number of aromatic nitrogens is 1. The van der Waals surface area contributed by atoms with E-state index in [2.05, 4.69) is 86.4 Å². The van der Waals surface area contributed by atoms with Crippen LogP contribution in [-0.4, -0.2) is 19.0 Å². The molecule has 5 heteroatoms. The number of nitrogens with one attached hydrogen (secondary N) is 1. The lowest BCUT2D eigenvalue weighted by molar-refractivity contribution is 0.411. The maximum Gasteiger partial charge on any atom is 0.429 e. The zero-order valence-electron chi connectivity index (χ0n) is 16.8. The molecule has 0 saturated heterocycles. The van der Waals surface area contributed by atoms with E-state index in [1.807, 2.05) is 17.5 Å². The number of fused-ring (bicyclic) bond motifs is 4. The molecule has 0 bridgehead atoms. The summed E-state index contributed by atoms with van der Waals surface area (Å²) in [6.07, 6.45) is 3.04.